The van der Waals surface area contributed by atoms with Crippen molar-refractivity contribution in [1.82, 2.24) is 15.1 Å². The van der Waals surface area contributed by atoms with E-state index in [4.69, 9.17) is 0 Å². The topological polar surface area (TPSA) is 69.7 Å². The van der Waals surface area contributed by atoms with Gasteiger partial charge >= 0.3 is 0 Å². The highest BCUT2D eigenvalue weighted by Crippen LogP contribution is 2.22. The number of piperidine rings is 1. The second-order valence-electron chi connectivity index (χ2n) is 8.22. The summed E-state index contributed by atoms with van der Waals surface area (Å²) in [5, 5.41) is 2.84. The zero-order valence-corrected chi connectivity index (χ0v) is 17.5. The van der Waals surface area contributed by atoms with Gasteiger partial charge in [0.15, 0.2) is 0 Å². The lowest BCUT2D eigenvalue weighted by Gasteiger charge is -2.34. The van der Waals surface area contributed by atoms with Gasteiger partial charge in [0.1, 0.15) is 0 Å². The zero-order valence-electron chi connectivity index (χ0n) is 17.5. The summed E-state index contributed by atoms with van der Waals surface area (Å²) in [6.45, 7) is 5.27. The average Bonchev–Trinajstić information content (AvgIpc) is 3.03. The minimum absolute atomic E-state index is 0.0516. The molecule has 2 aliphatic heterocycles. The van der Waals surface area contributed by atoms with E-state index in [2.05, 4.69) is 5.32 Å². The normalized spacial score (nSPS) is 18.2. The van der Waals surface area contributed by atoms with E-state index < -0.39 is 0 Å². The van der Waals surface area contributed by atoms with Gasteiger partial charge in [0, 0.05) is 50.6 Å². The van der Waals surface area contributed by atoms with Crippen LogP contribution in [-0.2, 0) is 9.59 Å². The molecule has 0 bridgehead atoms. The fourth-order valence-electron chi connectivity index (χ4n) is 4.29. The van der Waals surface area contributed by atoms with Gasteiger partial charge in [-0.05, 0) is 44.2 Å². The molecule has 1 aromatic carbocycles. The lowest BCUT2D eigenvalue weighted by Crippen LogP contribution is -2.45. The third kappa shape index (κ3) is 5.81. The smallest absolute Gasteiger partial charge is 0.251 e. The van der Waals surface area contributed by atoms with E-state index in [-0.39, 0.29) is 23.6 Å². The molecule has 1 aromatic rings. The van der Waals surface area contributed by atoms with E-state index in [0.29, 0.717) is 31.6 Å². The first-order valence-electron chi connectivity index (χ1n) is 11.0. The van der Waals surface area contributed by atoms with Gasteiger partial charge in [-0.1, -0.05) is 31.0 Å². The second kappa shape index (κ2) is 10.4. The third-order valence-corrected chi connectivity index (χ3v) is 6.13. The number of aryl methyl sites for hydroxylation is 1. The summed E-state index contributed by atoms with van der Waals surface area (Å²) in [5.74, 6) is 0.246. The second-order valence-corrected chi connectivity index (χ2v) is 8.22. The molecule has 0 spiro atoms. The summed E-state index contributed by atoms with van der Waals surface area (Å²) < 4.78 is 0. The molecule has 3 rings (SSSR count). The molecular weight excluding hydrogens is 366 g/mol. The number of likely N-dealkylation sites (tertiary alicyclic amines) is 2. The maximum atomic E-state index is 12.8. The minimum Gasteiger partial charge on any atom is -0.352 e. The molecule has 2 saturated heterocycles. The van der Waals surface area contributed by atoms with Crippen molar-refractivity contribution in [3.05, 3.63) is 35.4 Å². The lowest BCUT2D eigenvalue weighted by atomic mass is 9.95. The monoisotopic (exact) mass is 399 g/mol. The summed E-state index contributed by atoms with van der Waals surface area (Å²) in [6, 6.07) is 7.43. The van der Waals surface area contributed by atoms with Crippen molar-refractivity contribution in [1.29, 1.82) is 0 Å². The first-order valence-corrected chi connectivity index (χ1v) is 11.0. The molecule has 0 atom stereocenters. The third-order valence-electron chi connectivity index (χ3n) is 6.13. The molecule has 29 heavy (non-hydrogen) atoms. The average molecular weight is 400 g/mol. The number of carbonyl (C=O) groups excluding carboxylic acids is 3. The number of nitrogens with zero attached hydrogens (tertiary/aromatic N) is 2. The molecule has 6 heteroatoms. The van der Waals surface area contributed by atoms with Crippen molar-refractivity contribution < 1.29 is 14.4 Å². The van der Waals surface area contributed by atoms with Gasteiger partial charge in [-0.3, -0.25) is 14.4 Å². The summed E-state index contributed by atoms with van der Waals surface area (Å²) in [6.07, 6.45) is 6.44. The predicted octanol–water partition coefficient (Wildman–Crippen LogP) is 2.76. The van der Waals surface area contributed by atoms with Crippen molar-refractivity contribution in [3.63, 3.8) is 0 Å². The number of amides is 3. The fraction of sp³-hybridized carbons (Fsp3) is 0.609. The van der Waals surface area contributed by atoms with Gasteiger partial charge in [-0.15, -0.1) is 0 Å². The molecule has 158 valence electrons. The molecule has 0 aromatic heterocycles. The van der Waals surface area contributed by atoms with Crippen LogP contribution in [0.4, 0.5) is 0 Å². The maximum absolute atomic E-state index is 12.8. The van der Waals surface area contributed by atoms with E-state index in [9.17, 15) is 14.4 Å². The van der Waals surface area contributed by atoms with Crippen LogP contribution in [0.2, 0.25) is 0 Å². The summed E-state index contributed by atoms with van der Waals surface area (Å²) in [5.41, 5.74) is 1.57. The number of nitrogens with one attached hydrogen (secondary N) is 1. The first-order chi connectivity index (χ1) is 14.1. The van der Waals surface area contributed by atoms with E-state index in [1.807, 2.05) is 34.9 Å². The van der Waals surface area contributed by atoms with Crippen LogP contribution >= 0.6 is 0 Å². The van der Waals surface area contributed by atoms with Crippen LogP contribution in [0.15, 0.2) is 24.3 Å². The van der Waals surface area contributed by atoms with Crippen LogP contribution in [0.5, 0.6) is 0 Å². The highest BCUT2D eigenvalue weighted by Gasteiger charge is 2.30. The van der Waals surface area contributed by atoms with Crippen LogP contribution in [0.1, 0.15) is 60.9 Å². The Morgan fingerprint density at radius 3 is 2.24 bits per heavy atom. The molecule has 6 nitrogen and oxygen atoms in total. The van der Waals surface area contributed by atoms with Crippen LogP contribution in [0.25, 0.3) is 0 Å². The zero-order chi connectivity index (χ0) is 20.6. The van der Waals surface area contributed by atoms with Crippen molar-refractivity contribution in [2.45, 2.75) is 51.9 Å². The predicted molar refractivity (Wildman–Crippen MR) is 112 cm³/mol. The quantitative estimate of drug-likeness (QED) is 0.828. The van der Waals surface area contributed by atoms with E-state index >= 15 is 0 Å². The Labute approximate surface area is 173 Å². The number of carbonyl (C=O) groups is 3. The van der Waals surface area contributed by atoms with Crippen LogP contribution < -0.4 is 5.32 Å². The van der Waals surface area contributed by atoms with Crippen molar-refractivity contribution in [3.8, 4) is 0 Å². The molecular formula is C23H33N3O3. The molecule has 2 heterocycles. The molecule has 2 aliphatic rings. The van der Waals surface area contributed by atoms with E-state index in [0.717, 1.165) is 44.3 Å². The van der Waals surface area contributed by atoms with Crippen molar-refractivity contribution >= 4 is 17.7 Å². The Morgan fingerprint density at radius 2 is 1.59 bits per heavy atom. The van der Waals surface area contributed by atoms with Gasteiger partial charge < -0.3 is 15.1 Å². The van der Waals surface area contributed by atoms with Gasteiger partial charge in [0.05, 0.1) is 0 Å². The van der Waals surface area contributed by atoms with Crippen molar-refractivity contribution in [2.75, 3.05) is 32.7 Å². The molecule has 2 fully saturated rings. The molecule has 0 aliphatic carbocycles. The highest BCUT2D eigenvalue weighted by molar-refractivity contribution is 5.95. The Bertz CT molecular complexity index is 718. The van der Waals surface area contributed by atoms with Gasteiger partial charge in [0.25, 0.3) is 5.91 Å². The Balaban J connectivity index is 1.39. The van der Waals surface area contributed by atoms with Gasteiger partial charge in [-0.2, -0.15) is 0 Å². The van der Waals surface area contributed by atoms with Crippen LogP contribution in [-0.4, -0.2) is 60.2 Å². The maximum Gasteiger partial charge on any atom is 0.251 e. The van der Waals surface area contributed by atoms with Gasteiger partial charge in [-0.25, -0.2) is 0 Å². The SMILES string of the molecule is Cc1ccccc1C(=O)NCCC(=O)N1CCC(C(=O)N2CCCCCC2)CC1. The molecule has 0 radical (unpaired) electrons. The number of benzene rings is 1. The molecule has 0 saturated carbocycles. The largest absolute Gasteiger partial charge is 0.352 e. The molecule has 3 amide bonds. The Kier molecular flexibility index (Phi) is 7.67. The Hall–Kier alpha value is -2.37. The minimum atomic E-state index is -0.141. The highest BCUT2D eigenvalue weighted by atomic mass is 16.2. The molecule has 1 N–H and O–H groups in total. The number of hydrogen-bond acceptors (Lipinski definition) is 3. The Morgan fingerprint density at radius 1 is 0.931 bits per heavy atom. The van der Waals surface area contributed by atoms with Gasteiger partial charge in [0.2, 0.25) is 11.8 Å². The number of rotatable bonds is 5. The van der Waals surface area contributed by atoms with E-state index in [1.54, 1.807) is 6.07 Å². The standard InChI is InChI=1S/C23H33N3O3/c1-18-8-4-5-9-20(18)22(28)24-13-10-21(27)25-16-11-19(12-17-25)23(29)26-14-6-2-3-7-15-26/h4-5,8-9,19H,2-3,6-7,10-17H2,1H3,(H,24,28). The van der Waals surface area contributed by atoms with E-state index in [1.165, 1.54) is 12.8 Å². The van der Waals surface area contributed by atoms with Crippen LogP contribution in [0.3, 0.4) is 0 Å². The summed E-state index contributed by atoms with van der Waals surface area (Å²) in [7, 11) is 0. The van der Waals surface area contributed by atoms with Crippen LogP contribution in [0, 0.1) is 12.8 Å². The lowest BCUT2D eigenvalue weighted by molar-refractivity contribution is -0.140. The summed E-state index contributed by atoms with van der Waals surface area (Å²) >= 11 is 0. The van der Waals surface area contributed by atoms with Crippen molar-refractivity contribution in [2.24, 2.45) is 5.92 Å². The number of hydrogen-bond donors (Lipinski definition) is 1. The first kappa shape index (κ1) is 21.3. The molecule has 0 unspecified atom stereocenters. The summed E-state index contributed by atoms with van der Waals surface area (Å²) in [4.78, 5) is 41.4. The fourth-order valence-corrected chi connectivity index (χ4v) is 4.29.